The van der Waals surface area contributed by atoms with Crippen LogP contribution in [0.25, 0.3) is 6.08 Å². The third-order valence-corrected chi connectivity index (χ3v) is 3.08. The van der Waals surface area contributed by atoms with Gasteiger partial charge in [0.2, 0.25) is 0 Å². The zero-order valence-corrected chi connectivity index (χ0v) is 13.1. The summed E-state index contributed by atoms with van der Waals surface area (Å²) in [6.45, 7) is 2.34. The van der Waals surface area contributed by atoms with Gasteiger partial charge in [-0.1, -0.05) is 15.9 Å². The Kier molecular flexibility index (Phi) is 5.63. The van der Waals surface area contributed by atoms with Gasteiger partial charge in [0.25, 0.3) is 0 Å². The second kappa shape index (κ2) is 7.69. The molecule has 0 atom stereocenters. The average Bonchev–Trinajstić information content (AvgIpc) is 2.89. The number of aryl methyl sites for hydroxylation is 1. The van der Waals surface area contributed by atoms with Gasteiger partial charge in [-0.05, 0) is 49.4 Å². The zero-order valence-electron chi connectivity index (χ0n) is 11.5. The summed E-state index contributed by atoms with van der Waals surface area (Å²) in [4.78, 5) is 11.5. The molecule has 1 aromatic carbocycles. The van der Waals surface area contributed by atoms with E-state index < -0.39 is 5.97 Å². The fourth-order valence-electron chi connectivity index (χ4n) is 1.57. The van der Waals surface area contributed by atoms with Gasteiger partial charge in [-0.25, -0.2) is 4.79 Å². The molecule has 0 unspecified atom stereocenters. The topological polar surface area (TPSA) is 48.7 Å². The average molecular weight is 351 g/mol. The first-order valence-corrected chi connectivity index (χ1v) is 7.22. The van der Waals surface area contributed by atoms with Crippen molar-refractivity contribution >= 4 is 28.0 Å². The summed E-state index contributed by atoms with van der Waals surface area (Å²) < 4.78 is 16.7. The van der Waals surface area contributed by atoms with Crippen LogP contribution < -0.4 is 4.74 Å². The molecule has 0 saturated heterocycles. The SMILES string of the molecule is Cc1ccc(/C=C/C(=O)OCCOc2ccc(Br)cc2)o1. The van der Waals surface area contributed by atoms with Crippen molar-refractivity contribution in [3.05, 3.63) is 58.5 Å². The van der Waals surface area contributed by atoms with E-state index in [1.807, 2.05) is 37.3 Å². The monoisotopic (exact) mass is 350 g/mol. The molecule has 1 heterocycles. The molecule has 0 spiro atoms. The Balaban J connectivity index is 1.67. The van der Waals surface area contributed by atoms with Gasteiger partial charge in [-0.2, -0.15) is 0 Å². The smallest absolute Gasteiger partial charge is 0.331 e. The Bertz CT molecular complexity index is 613. The molecule has 0 aliphatic heterocycles. The van der Waals surface area contributed by atoms with Gasteiger partial charge in [0, 0.05) is 10.5 Å². The second-order valence-corrected chi connectivity index (χ2v) is 5.17. The minimum absolute atomic E-state index is 0.191. The standard InChI is InChI=1S/C16H15BrO4/c1-12-2-5-15(21-12)8-9-16(18)20-11-10-19-14-6-3-13(17)4-7-14/h2-9H,10-11H2,1H3/b9-8+. The van der Waals surface area contributed by atoms with Crippen molar-refractivity contribution in [3.63, 3.8) is 0 Å². The number of esters is 1. The van der Waals surface area contributed by atoms with Crippen LogP contribution in [-0.4, -0.2) is 19.2 Å². The summed E-state index contributed by atoms with van der Waals surface area (Å²) in [6, 6.07) is 11.1. The first-order valence-electron chi connectivity index (χ1n) is 6.43. The van der Waals surface area contributed by atoms with Gasteiger partial charge in [0.05, 0.1) is 0 Å². The Morgan fingerprint density at radius 1 is 1.19 bits per heavy atom. The number of furan rings is 1. The lowest BCUT2D eigenvalue weighted by atomic mass is 10.3. The minimum atomic E-state index is -0.427. The van der Waals surface area contributed by atoms with Gasteiger partial charge in [0.1, 0.15) is 30.5 Å². The van der Waals surface area contributed by atoms with Crippen LogP contribution >= 0.6 is 15.9 Å². The quantitative estimate of drug-likeness (QED) is 0.449. The first kappa shape index (κ1) is 15.4. The van der Waals surface area contributed by atoms with E-state index in [9.17, 15) is 4.79 Å². The number of carbonyl (C=O) groups excluding carboxylic acids is 1. The van der Waals surface area contributed by atoms with Crippen LogP contribution in [0.15, 0.2) is 51.4 Å². The summed E-state index contributed by atoms with van der Waals surface area (Å²) in [5, 5.41) is 0. The molecule has 4 nitrogen and oxygen atoms in total. The van der Waals surface area contributed by atoms with Crippen LogP contribution in [-0.2, 0) is 9.53 Å². The van der Waals surface area contributed by atoms with Gasteiger partial charge in [0.15, 0.2) is 0 Å². The fraction of sp³-hybridized carbons (Fsp3) is 0.188. The maximum absolute atomic E-state index is 11.5. The highest BCUT2D eigenvalue weighted by Gasteiger charge is 1.99. The van der Waals surface area contributed by atoms with Crippen molar-refractivity contribution in [1.82, 2.24) is 0 Å². The number of hydrogen-bond acceptors (Lipinski definition) is 4. The van der Waals surface area contributed by atoms with E-state index in [0.29, 0.717) is 12.4 Å². The number of ether oxygens (including phenoxy) is 2. The zero-order chi connectivity index (χ0) is 15.1. The van der Waals surface area contributed by atoms with Crippen LogP contribution in [0.4, 0.5) is 0 Å². The molecule has 21 heavy (non-hydrogen) atoms. The van der Waals surface area contributed by atoms with Gasteiger partial charge in [-0.15, -0.1) is 0 Å². The molecular weight excluding hydrogens is 336 g/mol. The normalized spacial score (nSPS) is 10.8. The minimum Gasteiger partial charge on any atom is -0.490 e. The highest BCUT2D eigenvalue weighted by Crippen LogP contribution is 2.15. The Hall–Kier alpha value is -2.01. The largest absolute Gasteiger partial charge is 0.490 e. The van der Waals surface area contributed by atoms with E-state index in [2.05, 4.69) is 15.9 Å². The van der Waals surface area contributed by atoms with Gasteiger partial charge in [-0.3, -0.25) is 0 Å². The lowest BCUT2D eigenvalue weighted by Gasteiger charge is -2.06. The molecule has 0 N–H and O–H groups in total. The van der Waals surface area contributed by atoms with Crippen molar-refractivity contribution in [2.75, 3.05) is 13.2 Å². The third-order valence-electron chi connectivity index (χ3n) is 2.55. The number of hydrogen-bond donors (Lipinski definition) is 0. The lowest BCUT2D eigenvalue weighted by Crippen LogP contribution is -2.10. The van der Waals surface area contributed by atoms with E-state index in [1.54, 1.807) is 12.1 Å². The lowest BCUT2D eigenvalue weighted by molar-refractivity contribution is -0.138. The Morgan fingerprint density at radius 2 is 1.95 bits per heavy atom. The first-order chi connectivity index (χ1) is 10.1. The maximum Gasteiger partial charge on any atom is 0.331 e. The molecule has 110 valence electrons. The molecule has 0 radical (unpaired) electrons. The van der Waals surface area contributed by atoms with Gasteiger partial charge < -0.3 is 13.9 Å². The van der Waals surface area contributed by atoms with E-state index in [-0.39, 0.29) is 6.61 Å². The molecule has 1 aromatic heterocycles. The summed E-state index contributed by atoms with van der Waals surface area (Å²) >= 11 is 3.34. The summed E-state index contributed by atoms with van der Waals surface area (Å²) in [6.07, 6.45) is 2.91. The van der Waals surface area contributed by atoms with Gasteiger partial charge >= 0.3 is 5.97 Å². The van der Waals surface area contributed by atoms with Crippen molar-refractivity contribution in [1.29, 1.82) is 0 Å². The molecule has 0 bridgehead atoms. The highest BCUT2D eigenvalue weighted by atomic mass is 79.9. The molecule has 5 heteroatoms. The third kappa shape index (κ3) is 5.47. The summed E-state index contributed by atoms with van der Waals surface area (Å²) in [7, 11) is 0. The molecule has 0 amide bonds. The molecular formula is C16H15BrO4. The van der Waals surface area contributed by atoms with Crippen LogP contribution in [0.2, 0.25) is 0 Å². The number of rotatable bonds is 6. The van der Waals surface area contributed by atoms with Crippen molar-refractivity contribution in [3.8, 4) is 5.75 Å². The number of carbonyl (C=O) groups is 1. The predicted molar refractivity (Wildman–Crippen MR) is 83.1 cm³/mol. The number of halogens is 1. The molecule has 0 fully saturated rings. The van der Waals surface area contributed by atoms with E-state index in [1.165, 1.54) is 6.08 Å². The highest BCUT2D eigenvalue weighted by molar-refractivity contribution is 9.10. The van der Waals surface area contributed by atoms with Crippen molar-refractivity contribution in [2.24, 2.45) is 0 Å². The Labute approximate surface area is 131 Å². The van der Waals surface area contributed by atoms with E-state index in [4.69, 9.17) is 13.9 Å². The Morgan fingerprint density at radius 3 is 2.62 bits per heavy atom. The van der Waals surface area contributed by atoms with E-state index in [0.717, 1.165) is 16.0 Å². The van der Waals surface area contributed by atoms with Crippen LogP contribution in [0.3, 0.4) is 0 Å². The summed E-state index contributed by atoms with van der Waals surface area (Å²) in [5.41, 5.74) is 0. The van der Waals surface area contributed by atoms with Crippen molar-refractivity contribution < 1.29 is 18.7 Å². The predicted octanol–water partition coefficient (Wildman–Crippen LogP) is 3.99. The molecule has 0 aliphatic carbocycles. The maximum atomic E-state index is 11.5. The molecule has 2 rings (SSSR count). The van der Waals surface area contributed by atoms with Crippen LogP contribution in [0.5, 0.6) is 5.75 Å². The fourth-order valence-corrected chi connectivity index (χ4v) is 1.84. The molecule has 2 aromatic rings. The van der Waals surface area contributed by atoms with Crippen LogP contribution in [0, 0.1) is 6.92 Å². The summed E-state index contributed by atoms with van der Waals surface area (Å²) in [5.74, 6) is 1.72. The molecule has 0 saturated carbocycles. The molecule has 0 aliphatic rings. The second-order valence-electron chi connectivity index (χ2n) is 4.25. The number of benzene rings is 1. The van der Waals surface area contributed by atoms with Crippen LogP contribution in [0.1, 0.15) is 11.5 Å². The van der Waals surface area contributed by atoms with Crippen molar-refractivity contribution in [2.45, 2.75) is 6.92 Å². The van der Waals surface area contributed by atoms with E-state index >= 15 is 0 Å².